The molecule has 0 N–H and O–H groups in total. The molecule has 1 aromatic carbocycles. The van der Waals surface area contributed by atoms with Gasteiger partial charge in [0.25, 0.3) is 0 Å². The van der Waals surface area contributed by atoms with E-state index in [-0.39, 0.29) is 17.4 Å². The molecule has 2 rings (SSSR count). The Balaban J connectivity index is 1.90. The van der Waals surface area contributed by atoms with Crippen LogP contribution in [0, 0.1) is 5.41 Å². The first-order chi connectivity index (χ1) is 10.4. The van der Waals surface area contributed by atoms with Gasteiger partial charge in [-0.05, 0) is 17.9 Å². The number of nitrogens with zero attached hydrogens (tertiary/aromatic N) is 2. The summed E-state index contributed by atoms with van der Waals surface area (Å²) in [6.07, 6.45) is 1.27. The molecule has 1 aromatic rings. The van der Waals surface area contributed by atoms with Crippen LogP contribution in [0.4, 0.5) is 0 Å². The highest BCUT2D eigenvalue weighted by molar-refractivity contribution is 6.01. The Bertz CT molecular complexity index is 532. The molecule has 0 aromatic heterocycles. The van der Waals surface area contributed by atoms with Crippen molar-refractivity contribution in [1.29, 1.82) is 0 Å². The van der Waals surface area contributed by atoms with Crippen LogP contribution in [0.1, 0.15) is 46.1 Å². The lowest BCUT2D eigenvalue weighted by atomic mass is 9.91. The summed E-state index contributed by atoms with van der Waals surface area (Å²) < 4.78 is 0. The summed E-state index contributed by atoms with van der Waals surface area (Å²) >= 11 is 0. The predicted molar refractivity (Wildman–Crippen MR) is 88.8 cm³/mol. The van der Waals surface area contributed by atoms with Crippen LogP contribution < -0.4 is 0 Å². The van der Waals surface area contributed by atoms with E-state index in [1.165, 1.54) is 0 Å². The van der Waals surface area contributed by atoms with Gasteiger partial charge in [0.2, 0.25) is 5.91 Å². The third-order valence-electron chi connectivity index (χ3n) is 3.68. The van der Waals surface area contributed by atoms with E-state index in [1.807, 2.05) is 42.2 Å². The minimum atomic E-state index is -0.0425. The van der Waals surface area contributed by atoms with Gasteiger partial charge in [0.1, 0.15) is 0 Å². The lowest BCUT2D eigenvalue weighted by Crippen LogP contribution is -2.39. The number of rotatable bonds is 5. The molecule has 0 saturated heterocycles. The monoisotopic (exact) mass is 302 g/mol. The first-order valence-corrected chi connectivity index (χ1v) is 7.95. The molecule has 0 spiro atoms. The summed E-state index contributed by atoms with van der Waals surface area (Å²) in [6, 6.07) is 10.0. The Hall–Kier alpha value is -1.84. The fourth-order valence-electron chi connectivity index (χ4n) is 2.55. The molecule has 0 bridgehead atoms. The third-order valence-corrected chi connectivity index (χ3v) is 3.68. The Morgan fingerprint density at radius 2 is 2.00 bits per heavy atom. The van der Waals surface area contributed by atoms with Crippen molar-refractivity contribution in [2.75, 3.05) is 13.1 Å². The molecule has 1 aliphatic rings. The Morgan fingerprint density at radius 1 is 1.32 bits per heavy atom. The second-order valence-electron chi connectivity index (χ2n) is 7.01. The van der Waals surface area contributed by atoms with Gasteiger partial charge in [-0.3, -0.25) is 4.79 Å². The molecule has 1 aliphatic heterocycles. The van der Waals surface area contributed by atoms with Gasteiger partial charge in [-0.15, -0.1) is 0 Å². The van der Waals surface area contributed by atoms with E-state index in [2.05, 4.69) is 25.9 Å². The van der Waals surface area contributed by atoms with Gasteiger partial charge in [0.05, 0.1) is 12.3 Å². The number of carbonyl (C=O) groups excluding carboxylic acids is 1. The fourth-order valence-corrected chi connectivity index (χ4v) is 2.55. The van der Waals surface area contributed by atoms with Crippen molar-refractivity contribution in [2.45, 2.75) is 46.6 Å². The smallest absolute Gasteiger partial charge is 0.223 e. The maximum Gasteiger partial charge on any atom is 0.223 e. The van der Waals surface area contributed by atoms with Crippen molar-refractivity contribution in [2.24, 2.45) is 10.6 Å². The molecule has 4 nitrogen and oxygen atoms in total. The summed E-state index contributed by atoms with van der Waals surface area (Å²) in [7, 11) is 0. The Morgan fingerprint density at radius 3 is 2.59 bits per heavy atom. The molecule has 22 heavy (non-hydrogen) atoms. The number of likely N-dealkylation sites (N-methyl/N-ethyl adjacent to an activating group) is 1. The summed E-state index contributed by atoms with van der Waals surface area (Å²) in [6.45, 7) is 9.57. The second kappa shape index (κ2) is 6.95. The summed E-state index contributed by atoms with van der Waals surface area (Å²) in [5, 5.41) is 4.19. The molecular formula is C18H26N2O2. The standard InChI is InChI=1S/C18H26N2O2/c1-5-20(17(21)12-18(2,3)4)13-15-11-16(19-22-15)14-9-7-6-8-10-14/h6-10,15H,5,11-13H2,1-4H3/t15-/m1/s1. The Labute approximate surface area is 133 Å². The van der Waals surface area contributed by atoms with Gasteiger partial charge in [-0.1, -0.05) is 56.3 Å². The van der Waals surface area contributed by atoms with Crippen LogP contribution in [0.5, 0.6) is 0 Å². The fraction of sp³-hybridized carbons (Fsp3) is 0.556. The van der Waals surface area contributed by atoms with Crippen LogP contribution in [0.15, 0.2) is 35.5 Å². The number of hydrogen-bond donors (Lipinski definition) is 0. The van der Waals surface area contributed by atoms with Gasteiger partial charge in [-0.25, -0.2) is 0 Å². The number of benzene rings is 1. The highest BCUT2D eigenvalue weighted by Gasteiger charge is 2.27. The number of oxime groups is 1. The largest absolute Gasteiger partial charge is 0.390 e. The average Bonchev–Trinajstić information content (AvgIpc) is 2.92. The topological polar surface area (TPSA) is 41.9 Å². The number of carbonyl (C=O) groups is 1. The first-order valence-electron chi connectivity index (χ1n) is 7.95. The Kier molecular flexibility index (Phi) is 5.22. The van der Waals surface area contributed by atoms with Gasteiger partial charge in [0.15, 0.2) is 6.10 Å². The van der Waals surface area contributed by atoms with E-state index in [0.717, 1.165) is 17.7 Å². The molecule has 120 valence electrons. The summed E-state index contributed by atoms with van der Waals surface area (Å²) in [4.78, 5) is 19.8. The molecule has 1 heterocycles. The maximum atomic E-state index is 12.4. The second-order valence-corrected chi connectivity index (χ2v) is 7.01. The van der Waals surface area contributed by atoms with Gasteiger partial charge in [-0.2, -0.15) is 0 Å². The predicted octanol–water partition coefficient (Wildman–Crippen LogP) is 3.46. The van der Waals surface area contributed by atoms with Crippen LogP contribution in [0.25, 0.3) is 0 Å². The maximum absolute atomic E-state index is 12.4. The van der Waals surface area contributed by atoms with E-state index >= 15 is 0 Å². The molecule has 0 saturated carbocycles. The lowest BCUT2D eigenvalue weighted by Gasteiger charge is -2.27. The van der Waals surface area contributed by atoms with Crippen molar-refractivity contribution in [3.63, 3.8) is 0 Å². The van der Waals surface area contributed by atoms with Gasteiger partial charge in [0, 0.05) is 19.4 Å². The van der Waals surface area contributed by atoms with Crippen molar-refractivity contribution in [3.05, 3.63) is 35.9 Å². The molecule has 0 radical (unpaired) electrons. The van der Waals surface area contributed by atoms with Crippen LogP contribution >= 0.6 is 0 Å². The first kappa shape index (κ1) is 16.5. The van der Waals surface area contributed by atoms with E-state index in [0.29, 0.717) is 19.5 Å². The van der Waals surface area contributed by atoms with Gasteiger partial charge < -0.3 is 9.74 Å². The van der Waals surface area contributed by atoms with Crippen LogP contribution in [0.3, 0.4) is 0 Å². The highest BCUT2D eigenvalue weighted by atomic mass is 16.6. The zero-order valence-electron chi connectivity index (χ0n) is 14.0. The molecule has 1 amide bonds. The normalized spacial score (nSPS) is 17.8. The van der Waals surface area contributed by atoms with Crippen molar-refractivity contribution >= 4 is 11.6 Å². The molecule has 0 unspecified atom stereocenters. The van der Waals surface area contributed by atoms with Gasteiger partial charge >= 0.3 is 0 Å². The van der Waals surface area contributed by atoms with Crippen molar-refractivity contribution in [1.82, 2.24) is 4.90 Å². The SMILES string of the molecule is CCN(C[C@H]1CC(c2ccccc2)=NO1)C(=O)CC(C)(C)C. The zero-order chi connectivity index (χ0) is 16.2. The molecule has 0 fully saturated rings. The van der Waals surface area contributed by atoms with E-state index in [4.69, 9.17) is 4.84 Å². The van der Waals surface area contributed by atoms with Crippen molar-refractivity contribution in [3.8, 4) is 0 Å². The lowest BCUT2D eigenvalue weighted by molar-refractivity contribution is -0.134. The number of hydrogen-bond acceptors (Lipinski definition) is 3. The van der Waals surface area contributed by atoms with Crippen molar-refractivity contribution < 1.29 is 9.63 Å². The van der Waals surface area contributed by atoms with E-state index in [9.17, 15) is 4.79 Å². The van der Waals surface area contributed by atoms with Crippen LogP contribution in [-0.4, -0.2) is 35.7 Å². The quantitative estimate of drug-likeness (QED) is 0.836. The zero-order valence-corrected chi connectivity index (χ0v) is 14.0. The number of amides is 1. The third kappa shape index (κ3) is 4.58. The average molecular weight is 302 g/mol. The van der Waals surface area contributed by atoms with E-state index in [1.54, 1.807) is 0 Å². The summed E-state index contributed by atoms with van der Waals surface area (Å²) in [5.41, 5.74) is 2.06. The van der Waals surface area contributed by atoms with Crippen LogP contribution in [-0.2, 0) is 9.63 Å². The molecule has 0 aliphatic carbocycles. The minimum Gasteiger partial charge on any atom is -0.390 e. The molecule has 4 heteroatoms. The van der Waals surface area contributed by atoms with Crippen LogP contribution in [0.2, 0.25) is 0 Å². The van der Waals surface area contributed by atoms with E-state index < -0.39 is 0 Å². The summed E-state index contributed by atoms with van der Waals surface area (Å²) in [5.74, 6) is 0.187. The minimum absolute atomic E-state index is 0.00668. The molecule has 1 atom stereocenters. The molecular weight excluding hydrogens is 276 g/mol. The highest BCUT2D eigenvalue weighted by Crippen LogP contribution is 2.22.